The third-order valence-corrected chi connectivity index (χ3v) is 3.19. The largest absolute Gasteiger partial charge is 0.482 e. The van der Waals surface area contributed by atoms with E-state index in [1.54, 1.807) is 18.2 Å². The Labute approximate surface area is 143 Å². The van der Waals surface area contributed by atoms with Crippen LogP contribution in [0.25, 0.3) is 0 Å². The predicted molar refractivity (Wildman–Crippen MR) is 86.0 cm³/mol. The summed E-state index contributed by atoms with van der Waals surface area (Å²) >= 11 is 0. The zero-order valence-electron chi connectivity index (χ0n) is 13.3. The Kier molecular flexibility index (Phi) is 6.88. The van der Waals surface area contributed by atoms with Crippen molar-refractivity contribution in [1.29, 1.82) is 0 Å². The minimum atomic E-state index is -0.756. The van der Waals surface area contributed by atoms with Crippen molar-refractivity contribution in [2.45, 2.75) is 6.42 Å². The SMILES string of the molecule is O=C(COC(=O)COc1cccc(F)c1)NCCc1ccccc1F. The molecule has 0 unspecified atom stereocenters. The molecule has 0 aromatic heterocycles. The fourth-order valence-corrected chi connectivity index (χ4v) is 1.98. The van der Waals surface area contributed by atoms with E-state index in [2.05, 4.69) is 5.32 Å². The van der Waals surface area contributed by atoms with Crippen LogP contribution in [-0.2, 0) is 20.7 Å². The third-order valence-electron chi connectivity index (χ3n) is 3.19. The van der Waals surface area contributed by atoms with Gasteiger partial charge in [-0.3, -0.25) is 4.79 Å². The van der Waals surface area contributed by atoms with E-state index in [0.717, 1.165) is 6.07 Å². The summed E-state index contributed by atoms with van der Waals surface area (Å²) in [5, 5.41) is 2.52. The number of halogens is 2. The highest BCUT2D eigenvalue weighted by Crippen LogP contribution is 2.11. The standard InChI is InChI=1S/C18H17F2NO4/c19-14-5-3-6-15(10-14)24-12-18(23)25-11-17(22)21-9-8-13-4-1-2-7-16(13)20/h1-7,10H,8-9,11-12H2,(H,21,22). The first-order valence-electron chi connectivity index (χ1n) is 7.58. The molecule has 1 amide bonds. The van der Waals surface area contributed by atoms with E-state index >= 15 is 0 Å². The van der Waals surface area contributed by atoms with Crippen LogP contribution >= 0.6 is 0 Å². The van der Waals surface area contributed by atoms with Crippen LogP contribution in [0.15, 0.2) is 48.5 Å². The maximum Gasteiger partial charge on any atom is 0.344 e. The van der Waals surface area contributed by atoms with Crippen molar-refractivity contribution in [2.24, 2.45) is 0 Å². The molecule has 0 aliphatic rings. The van der Waals surface area contributed by atoms with Crippen LogP contribution in [-0.4, -0.2) is 31.6 Å². The number of esters is 1. The lowest BCUT2D eigenvalue weighted by atomic mass is 10.1. The highest BCUT2D eigenvalue weighted by atomic mass is 19.1. The van der Waals surface area contributed by atoms with Crippen molar-refractivity contribution in [3.8, 4) is 5.75 Å². The fraction of sp³-hybridized carbons (Fsp3) is 0.222. The molecular formula is C18H17F2NO4. The molecule has 0 bridgehead atoms. The summed E-state index contributed by atoms with van der Waals surface area (Å²) in [6.45, 7) is -0.689. The third kappa shape index (κ3) is 6.58. The van der Waals surface area contributed by atoms with E-state index in [-0.39, 0.29) is 18.1 Å². The summed E-state index contributed by atoms with van der Waals surface area (Å²) < 4.78 is 36.1. The molecule has 0 aliphatic carbocycles. The number of hydrogen-bond donors (Lipinski definition) is 1. The van der Waals surface area contributed by atoms with Gasteiger partial charge in [-0.2, -0.15) is 0 Å². The Bertz CT molecular complexity index is 737. The summed E-state index contributed by atoms with van der Waals surface area (Å²) in [6.07, 6.45) is 0.328. The van der Waals surface area contributed by atoms with E-state index in [4.69, 9.17) is 9.47 Å². The number of benzene rings is 2. The molecule has 132 valence electrons. The van der Waals surface area contributed by atoms with Gasteiger partial charge in [-0.1, -0.05) is 24.3 Å². The van der Waals surface area contributed by atoms with Crippen LogP contribution < -0.4 is 10.1 Å². The first kappa shape index (κ1) is 18.4. The Morgan fingerprint density at radius 3 is 2.56 bits per heavy atom. The Balaban J connectivity index is 1.62. The van der Waals surface area contributed by atoms with Crippen LogP contribution in [0.3, 0.4) is 0 Å². The highest BCUT2D eigenvalue weighted by Gasteiger charge is 2.09. The first-order valence-corrected chi connectivity index (χ1v) is 7.58. The van der Waals surface area contributed by atoms with Gasteiger partial charge in [0.25, 0.3) is 5.91 Å². The molecule has 0 aliphatic heterocycles. The van der Waals surface area contributed by atoms with Crippen LogP contribution in [0.2, 0.25) is 0 Å². The molecule has 0 saturated carbocycles. The Morgan fingerprint density at radius 2 is 1.80 bits per heavy atom. The number of carbonyl (C=O) groups excluding carboxylic acids is 2. The van der Waals surface area contributed by atoms with Gasteiger partial charge in [0.1, 0.15) is 17.4 Å². The minimum absolute atomic E-state index is 0.186. The second-order valence-corrected chi connectivity index (χ2v) is 5.10. The molecule has 0 saturated heterocycles. The molecule has 25 heavy (non-hydrogen) atoms. The first-order chi connectivity index (χ1) is 12.0. The van der Waals surface area contributed by atoms with Crippen LogP contribution in [0.5, 0.6) is 5.75 Å². The van der Waals surface area contributed by atoms with Crippen LogP contribution in [0.1, 0.15) is 5.56 Å². The van der Waals surface area contributed by atoms with Crippen molar-refractivity contribution < 1.29 is 27.8 Å². The molecule has 7 heteroatoms. The lowest BCUT2D eigenvalue weighted by molar-refractivity contribution is -0.150. The average Bonchev–Trinajstić information content (AvgIpc) is 2.60. The number of carbonyl (C=O) groups is 2. The van der Waals surface area contributed by atoms with E-state index in [0.29, 0.717) is 12.0 Å². The zero-order chi connectivity index (χ0) is 18.1. The van der Waals surface area contributed by atoms with Crippen LogP contribution in [0.4, 0.5) is 8.78 Å². The fourth-order valence-electron chi connectivity index (χ4n) is 1.98. The topological polar surface area (TPSA) is 64.6 Å². The molecule has 0 radical (unpaired) electrons. The van der Waals surface area contributed by atoms with E-state index in [1.165, 1.54) is 24.3 Å². The van der Waals surface area contributed by atoms with Gasteiger partial charge in [0, 0.05) is 12.6 Å². The quantitative estimate of drug-likeness (QED) is 0.743. The van der Waals surface area contributed by atoms with Crippen molar-refractivity contribution >= 4 is 11.9 Å². The number of ether oxygens (including phenoxy) is 2. The lowest BCUT2D eigenvalue weighted by Gasteiger charge is -2.08. The molecule has 2 aromatic rings. The summed E-state index contributed by atoms with van der Waals surface area (Å²) in [6, 6.07) is 11.6. The van der Waals surface area contributed by atoms with Crippen molar-refractivity contribution in [3.63, 3.8) is 0 Å². The molecule has 0 fully saturated rings. The molecule has 0 spiro atoms. The normalized spacial score (nSPS) is 10.2. The van der Waals surface area contributed by atoms with Crippen LogP contribution in [0, 0.1) is 11.6 Å². The summed E-state index contributed by atoms with van der Waals surface area (Å²) in [4.78, 5) is 23.0. The molecule has 2 aromatic carbocycles. The second kappa shape index (κ2) is 9.36. The molecular weight excluding hydrogens is 332 g/mol. The van der Waals surface area contributed by atoms with Crippen molar-refractivity contribution in [3.05, 3.63) is 65.7 Å². The summed E-state index contributed by atoms with van der Waals surface area (Å²) in [5.41, 5.74) is 0.489. The van der Waals surface area contributed by atoms with E-state index in [9.17, 15) is 18.4 Å². The van der Waals surface area contributed by atoms with E-state index in [1.807, 2.05) is 0 Å². The van der Waals surface area contributed by atoms with Gasteiger partial charge in [-0.05, 0) is 30.2 Å². The average molecular weight is 349 g/mol. The van der Waals surface area contributed by atoms with E-state index < -0.39 is 30.9 Å². The van der Waals surface area contributed by atoms with Gasteiger partial charge in [-0.15, -0.1) is 0 Å². The Hall–Kier alpha value is -2.96. The summed E-state index contributed by atoms with van der Waals surface area (Å²) in [5.74, 6) is -1.90. The lowest BCUT2D eigenvalue weighted by Crippen LogP contribution is -2.31. The number of rotatable bonds is 8. The molecule has 0 atom stereocenters. The number of nitrogens with one attached hydrogen (secondary N) is 1. The van der Waals surface area contributed by atoms with Gasteiger partial charge in [0.05, 0.1) is 0 Å². The minimum Gasteiger partial charge on any atom is -0.482 e. The molecule has 2 rings (SSSR count). The maximum absolute atomic E-state index is 13.4. The van der Waals surface area contributed by atoms with Gasteiger partial charge < -0.3 is 14.8 Å². The zero-order valence-corrected chi connectivity index (χ0v) is 13.3. The molecule has 0 heterocycles. The number of amides is 1. The molecule has 1 N–H and O–H groups in total. The summed E-state index contributed by atoms with van der Waals surface area (Å²) in [7, 11) is 0. The van der Waals surface area contributed by atoms with Gasteiger partial charge in [0.2, 0.25) is 0 Å². The van der Waals surface area contributed by atoms with Crippen molar-refractivity contribution in [1.82, 2.24) is 5.32 Å². The molecule has 5 nitrogen and oxygen atoms in total. The van der Waals surface area contributed by atoms with Gasteiger partial charge in [0.15, 0.2) is 13.2 Å². The number of hydrogen-bond acceptors (Lipinski definition) is 4. The van der Waals surface area contributed by atoms with Crippen molar-refractivity contribution in [2.75, 3.05) is 19.8 Å². The van der Waals surface area contributed by atoms with Gasteiger partial charge in [-0.25, -0.2) is 13.6 Å². The monoisotopic (exact) mass is 349 g/mol. The van der Waals surface area contributed by atoms with Gasteiger partial charge >= 0.3 is 5.97 Å². The second-order valence-electron chi connectivity index (χ2n) is 5.10. The highest BCUT2D eigenvalue weighted by molar-refractivity contribution is 5.80. The smallest absolute Gasteiger partial charge is 0.344 e. The Morgan fingerprint density at radius 1 is 1.00 bits per heavy atom. The maximum atomic E-state index is 13.4. The predicted octanol–water partition coefficient (Wildman–Crippen LogP) is 2.25.